The molecule has 0 radical (unpaired) electrons. The molecule has 0 aliphatic carbocycles. The van der Waals surface area contributed by atoms with Gasteiger partial charge in [-0.3, -0.25) is 4.79 Å². The van der Waals surface area contributed by atoms with E-state index in [-0.39, 0.29) is 18.3 Å². The molecule has 1 aromatic rings. The van der Waals surface area contributed by atoms with Crippen molar-refractivity contribution in [2.45, 2.75) is 27.3 Å². The van der Waals surface area contributed by atoms with Gasteiger partial charge in [-0.1, -0.05) is 6.07 Å². The predicted molar refractivity (Wildman–Crippen MR) is 101 cm³/mol. The molecule has 0 aliphatic heterocycles. The number of aliphatic imine (C=N–C) groups is 1. The number of amides is 1. The maximum atomic E-state index is 14.3. The third-order valence-corrected chi connectivity index (χ3v) is 3.79. The number of hydrogen-bond acceptors (Lipinski definition) is 3. The molecular weight excluding hydrogens is 321 g/mol. The van der Waals surface area contributed by atoms with Gasteiger partial charge in [-0.25, -0.2) is 9.38 Å². The molecule has 140 valence electrons. The van der Waals surface area contributed by atoms with E-state index in [4.69, 9.17) is 0 Å². The number of hydrogen-bond donors (Lipinski definition) is 2. The summed E-state index contributed by atoms with van der Waals surface area (Å²) in [5.41, 5.74) is 1.39. The molecular formula is C18H30FN5O. The second-order valence-electron chi connectivity index (χ2n) is 5.79. The first kappa shape index (κ1) is 20.7. The van der Waals surface area contributed by atoms with E-state index in [1.54, 1.807) is 20.2 Å². The predicted octanol–water partition coefficient (Wildman–Crippen LogP) is 1.82. The average Bonchev–Trinajstić information content (AvgIpc) is 2.59. The first-order chi connectivity index (χ1) is 11.9. The van der Waals surface area contributed by atoms with Gasteiger partial charge in [-0.05, 0) is 38.5 Å². The van der Waals surface area contributed by atoms with Crippen molar-refractivity contribution >= 4 is 17.6 Å². The summed E-state index contributed by atoms with van der Waals surface area (Å²) in [4.78, 5) is 19.6. The Morgan fingerprint density at radius 1 is 1.16 bits per heavy atom. The van der Waals surface area contributed by atoms with E-state index in [0.717, 1.165) is 18.7 Å². The molecule has 7 heteroatoms. The molecule has 6 nitrogen and oxygen atoms in total. The van der Waals surface area contributed by atoms with Gasteiger partial charge in [-0.15, -0.1) is 0 Å². The molecule has 25 heavy (non-hydrogen) atoms. The van der Waals surface area contributed by atoms with Crippen LogP contribution in [0.25, 0.3) is 0 Å². The maximum absolute atomic E-state index is 14.3. The molecule has 1 aromatic carbocycles. The Morgan fingerprint density at radius 3 is 2.36 bits per heavy atom. The third-order valence-electron chi connectivity index (χ3n) is 3.79. The lowest BCUT2D eigenvalue weighted by Gasteiger charge is -2.21. The van der Waals surface area contributed by atoms with Gasteiger partial charge in [0.25, 0.3) is 0 Å². The summed E-state index contributed by atoms with van der Waals surface area (Å²) in [6.45, 7) is 8.66. The Hall–Kier alpha value is -2.31. The molecule has 0 heterocycles. The molecule has 0 bridgehead atoms. The lowest BCUT2D eigenvalue weighted by Crippen LogP contribution is -2.42. The molecule has 0 atom stereocenters. The van der Waals surface area contributed by atoms with Gasteiger partial charge in [0, 0.05) is 33.7 Å². The summed E-state index contributed by atoms with van der Waals surface area (Å²) >= 11 is 0. The van der Waals surface area contributed by atoms with Crippen molar-refractivity contribution in [3.63, 3.8) is 0 Å². The van der Waals surface area contributed by atoms with Gasteiger partial charge in [0.1, 0.15) is 5.82 Å². The van der Waals surface area contributed by atoms with Crippen LogP contribution in [0.4, 0.5) is 10.1 Å². The smallest absolute Gasteiger partial charge is 0.241 e. The number of anilines is 1. The Morgan fingerprint density at radius 2 is 1.84 bits per heavy atom. The Labute approximate surface area is 150 Å². The van der Waals surface area contributed by atoms with Crippen LogP contribution in [0.1, 0.15) is 26.3 Å². The fraction of sp³-hybridized carbons (Fsp3) is 0.556. The molecule has 0 fully saturated rings. The third kappa shape index (κ3) is 6.60. The second kappa shape index (κ2) is 10.5. The van der Waals surface area contributed by atoms with Crippen molar-refractivity contribution in [2.75, 3.05) is 45.2 Å². The minimum absolute atomic E-state index is 0.0415. The number of carbonyl (C=O) groups is 1. The summed E-state index contributed by atoms with van der Waals surface area (Å²) in [5, 5.41) is 6.06. The Balaban J connectivity index is 2.78. The van der Waals surface area contributed by atoms with Crippen LogP contribution in [0, 0.1) is 5.82 Å². The number of benzene rings is 1. The van der Waals surface area contributed by atoms with Crippen LogP contribution in [-0.2, 0) is 11.3 Å². The molecule has 0 spiro atoms. The summed E-state index contributed by atoms with van der Waals surface area (Å²) < 4.78 is 14.3. The van der Waals surface area contributed by atoms with E-state index in [9.17, 15) is 9.18 Å². The highest BCUT2D eigenvalue weighted by Gasteiger charge is 2.09. The number of halogens is 1. The lowest BCUT2D eigenvalue weighted by atomic mass is 10.2. The van der Waals surface area contributed by atoms with E-state index < -0.39 is 0 Å². The number of nitrogens with one attached hydrogen (secondary N) is 2. The summed E-state index contributed by atoms with van der Waals surface area (Å²) in [6.07, 6.45) is 0. The number of nitrogens with zero attached hydrogens (tertiary/aromatic N) is 3. The lowest BCUT2D eigenvalue weighted by molar-refractivity contribution is -0.127. The average molecular weight is 351 g/mol. The Kier molecular flexibility index (Phi) is 8.74. The normalized spacial score (nSPS) is 11.2. The van der Waals surface area contributed by atoms with E-state index in [1.807, 2.05) is 31.7 Å². The van der Waals surface area contributed by atoms with Crippen LogP contribution in [0.15, 0.2) is 23.2 Å². The number of carbonyl (C=O) groups excluding carboxylic acids is 1. The van der Waals surface area contributed by atoms with Crippen LogP contribution in [0.3, 0.4) is 0 Å². The fourth-order valence-electron chi connectivity index (χ4n) is 2.30. The Bertz CT molecular complexity index is 585. The van der Waals surface area contributed by atoms with Crippen molar-refractivity contribution in [2.24, 2.45) is 4.99 Å². The molecule has 0 unspecified atom stereocenters. The fourth-order valence-corrected chi connectivity index (χ4v) is 2.30. The molecule has 0 saturated heterocycles. The van der Waals surface area contributed by atoms with Crippen LogP contribution in [-0.4, -0.2) is 57.0 Å². The van der Waals surface area contributed by atoms with Crippen LogP contribution >= 0.6 is 0 Å². The van der Waals surface area contributed by atoms with E-state index in [2.05, 4.69) is 15.6 Å². The zero-order chi connectivity index (χ0) is 18.8. The molecule has 0 saturated carbocycles. The van der Waals surface area contributed by atoms with Gasteiger partial charge < -0.3 is 20.4 Å². The van der Waals surface area contributed by atoms with E-state index in [1.165, 1.54) is 11.0 Å². The molecule has 1 amide bonds. The number of likely N-dealkylation sites (N-methyl/N-ethyl adjacent to an activating group) is 1. The van der Waals surface area contributed by atoms with Crippen molar-refractivity contribution in [3.05, 3.63) is 29.6 Å². The molecule has 0 aliphatic rings. The molecule has 1 rings (SSSR count). The maximum Gasteiger partial charge on any atom is 0.241 e. The quantitative estimate of drug-likeness (QED) is 0.554. The minimum Gasteiger partial charge on any atom is -0.370 e. The van der Waals surface area contributed by atoms with Gasteiger partial charge in [0.05, 0.1) is 18.8 Å². The highest BCUT2D eigenvalue weighted by molar-refractivity contribution is 5.86. The minimum atomic E-state index is -0.239. The van der Waals surface area contributed by atoms with Crippen LogP contribution in [0.2, 0.25) is 0 Å². The first-order valence-electron chi connectivity index (χ1n) is 8.68. The summed E-state index contributed by atoms with van der Waals surface area (Å²) in [5.74, 6) is 0.253. The number of guanidine groups is 1. The standard InChI is InChI=1S/C18H30FN5O/c1-6-20-18(22-13-17(25)23(4)5)21-12-14-9-10-16(15(19)11-14)24(7-2)8-3/h9-11H,6-8,12-13H2,1-5H3,(H2,20,21,22). The summed E-state index contributed by atoms with van der Waals surface area (Å²) in [6, 6.07) is 5.20. The van der Waals surface area contributed by atoms with E-state index in [0.29, 0.717) is 24.7 Å². The van der Waals surface area contributed by atoms with Gasteiger partial charge in [0.15, 0.2) is 5.96 Å². The van der Waals surface area contributed by atoms with Crippen LogP contribution < -0.4 is 15.5 Å². The molecule has 2 N–H and O–H groups in total. The van der Waals surface area contributed by atoms with Crippen molar-refractivity contribution in [3.8, 4) is 0 Å². The second-order valence-corrected chi connectivity index (χ2v) is 5.79. The monoisotopic (exact) mass is 351 g/mol. The first-order valence-corrected chi connectivity index (χ1v) is 8.68. The highest BCUT2D eigenvalue weighted by Crippen LogP contribution is 2.20. The van der Waals surface area contributed by atoms with Crippen molar-refractivity contribution in [1.82, 2.24) is 15.5 Å². The van der Waals surface area contributed by atoms with Crippen molar-refractivity contribution in [1.29, 1.82) is 0 Å². The zero-order valence-electron chi connectivity index (χ0n) is 15.9. The highest BCUT2D eigenvalue weighted by atomic mass is 19.1. The van der Waals surface area contributed by atoms with Gasteiger partial charge >= 0.3 is 0 Å². The van der Waals surface area contributed by atoms with Gasteiger partial charge in [0.2, 0.25) is 5.91 Å². The zero-order valence-corrected chi connectivity index (χ0v) is 15.9. The van der Waals surface area contributed by atoms with Gasteiger partial charge in [-0.2, -0.15) is 0 Å². The largest absolute Gasteiger partial charge is 0.370 e. The topological polar surface area (TPSA) is 60.0 Å². The number of rotatable bonds is 8. The SMILES string of the molecule is CCNC(=NCc1ccc(N(CC)CC)c(F)c1)NCC(=O)N(C)C. The molecule has 0 aromatic heterocycles. The van der Waals surface area contributed by atoms with E-state index >= 15 is 0 Å². The summed E-state index contributed by atoms with van der Waals surface area (Å²) in [7, 11) is 3.41. The van der Waals surface area contributed by atoms with Crippen LogP contribution in [0.5, 0.6) is 0 Å². The van der Waals surface area contributed by atoms with Crippen molar-refractivity contribution < 1.29 is 9.18 Å².